The molecular weight excluding hydrogens is 283 g/mol. The highest BCUT2D eigenvalue weighted by atomic mass is 19.1. The second-order valence-corrected chi connectivity index (χ2v) is 6.50. The van der Waals surface area contributed by atoms with Crippen molar-refractivity contribution in [3.05, 3.63) is 24.7 Å². The van der Waals surface area contributed by atoms with E-state index in [4.69, 9.17) is 4.74 Å². The first kappa shape index (κ1) is 13.8. The number of hydrogen-bond acceptors (Lipinski definition) is 5. The third-order valence-corrected chi connectivity index (χ3v) is 4.60. The highest BCUT2D eigenvalue weighted by Gasteiger charge is 2.45. The van der Waals surface area contributed by atoms with Gasteiger partial charge >= 0.3 is 6.01 Å². The monoisotopic (exact) mass is 302 g/mol. The minimum absolute atomic E-state index is 0.167. The number of aromatic nitrogens is 3. The van der Waals surface area contributed by atoms with Crippen LogP contribution >= 0.6 is 0 Å². The molecule has 1 aliphatic heterocycles. The Hall–Kier alpha value is -1.82. The first-order valence-electron chi connectivity index (χ1n) is 7.79. The van der Waals surface area contributed by atoms with Gasteiger partial charge < -0.3 is 4.74 Å². The smallest absolute Gasteiger partial charge is 0.316 e. The number of alkyl halides is 1. The van der Waals surface area contributed by atoms with Gasteiger partial charge in [0.1, 0.15) is 6.17 Å². The van der Waals surface area contributed by atoms with Crippen molar-refractivity contribution in [1.29, 1.82) is 0 Å². The lowest BCUT2D eigenvalue weighted by molar-refractivity contribution is 0.165. The minimum Gasteiger partial charge on any atom is -0.463 e. The Morgan fingerprint density at radius 2 is 2.27 bits per heavy atom. The van der Waals surface area contributed by atoms with E-state index in [2.05, 4.69) is 19.9 Å². The lowest BCUT2D eigenvalue weighted by Gasteiger charge is -2.22. The largest absolute Gasteiger partial charge is 0.463 e. The van der Waals surface area contributed by atoms with Crippen LogP contribution in [0.25, 0.3) is 10.9 Å². The van der Waals surface area contributed by atoms with E-state index in [1.54, 1.807) is 18.6 Å². The third-order valence-electron chi connectivity index (χ3n) is 4.60. The van der Waals surface area contributed by atoms with E-state index in [0.717, 1.165) is 36.8 Å². The molecule has 0 spiro atoms. The molecule has 0 amide bonds. The van der Waals surface area contributed by atoms with Crippen LogP contribution in [0.3, 0.4) is 0 Å². The quantitative estimate of drug-likeness (QED) is 0.847. The molecule has 0 bridgehead atoms. The second-order valence-electron chi connectivity index (χ2n) is 6.50. The van der Waals surface area contributed by atoms with E-state index in [0.29, 0.717) is 25.6 Å². The summed E-state index contributed by atoms with van der Waals surface area (Å²) in [7, 11) is 0. The number of fused-ring (bicyclic) bond motifs is 1. The predicted molar refractivity (Wildman–Crippen MR) is 80.4 cm³/mol. The fourth-order valence-corrected chi connectivity index (χ4v) is 3.07. The van der Waals surface area contributed by atoms with Crippen molar-refractivity contribution in [2.75, 3.05) is 26.2 Å². The molecule has 5 nitrogen and oxygen atoms in total. The van der Waals surface area contributed by atoms with Crippen molar-refractivity contribution < 1.29 is 9.13 Å². The average Bonchev–Trinajstić information content (AvgIpc) is 3.18. The van der Waals surface area contributed by atoms with Gasteiger partial charge in [0.15, 0.2) is 0 Å². The molecule has 6 heteroatoms. The van der Waals surface area contributed by atoms with Crippen molar-refractivity contribution in [2.45, 2.75) is 25.4 Å². The molecule has 22 heavy (non-hydrogen) atoms. The van der Waals surface area contributed by atoms with Gasteiger partial charge in [0.05, 0.1) is 12.1 Å². The van der Waals surface area contributed by atoms with Crippen LogP contribution in [0.2, 0.25) is 0 Å². The van der Waals surface area contributed by atoms with Gasteiger partial charge in [-0.2, -0.15) is 4.98 Å². The normalized spacial score (nSPS) is 23.8. The Morgan fingerprint density at radius 3 is 3.05 bits per heavy atom. The number of rotatable bonds is 5. The lowest BCUT2D eigenvalue weighted by Crippen LogP contribution is -2.32. The van der Waals surface area contributed by atoms with Crippen LogP contribution in [-0.4, -0.2) is 52.3 Å². The van der Waals surface area contributed by atoms with Crippen molar-refractivity contribution in [3.63, 3.8) is 0 Å². The van der Waals surface area contributed by atoms with Crippen LogP contribution in [0.1, 0.15) is 19.3 Å². The molecule has 0 unspecified atom stereocenters. The van der Waals surface area contributed by atoms with E-state index >= 15 is 0 Å². The average molecular weight is 302 g/mol. The minimum atomic E-state index is -0.658. The Balaban J connectivity index is 1.38. The number of nitrogens with zero attached hydrogens (tertiary/aromatic N) is 4. The molecule has 2 aromatic rings. The van der Waals surface area contributed by atoms with E-state index in [9.17, 15) is 4.39 Å². The molecule has 2 aromatic heterocycles. The maximum Gasteiger partial charge on any atom is 0.316 e. The van der Waals surface area contributed by atoms with Crippen LogP contribution in [0.15, 0.2) is 24.7 Å². The molecule has 0 aromatic carbocycles. The zero-order chi connectivity index (χ0) is 15.0. The zero-order valence-electron chi connectivity index (χ0n) is 12.4. The molecule has 1 saturated carbocycles. The van der Waals surface area contributed by atoms with Gasteiger partial charge in [-0.1, -0.05) is 0 Å². The summed E-state index contributed by atoms with van der Waals surface area (Å²) < 4.78 is 19.1. The fourth-order valence-electron chi connectivity index (χ4n) is 3.07. The maximum atomic E-state index is 13.3. The molecule has 1 saturated heterocycles. The van der Waals surface area contributed by atoms with E-state index in [1.807, 2.05) is 6.07 Å². The summed E-state index contributed by atoms with van der Waals surface area (Å²) in [4.78, 5) is 14.9. The van der Waals surface area contributed by atoms with Gasteiger partial charge in [-0.05, 0) is 25.3 Å². The molecule has 1 aliphatic carbocycles. The molecule has 116 valence electrons. The van der Waals surface area contributed by atoms with Crippen molar-refractivity contribution in [2.24, 2.45) is 5.41 Å². The molecular formula is C16H19FN4O. The summed E-state index contributed by atoms with van der Waals surface area (Å²) in [5.41, 5.74) is 1.00. The predicted octanol–water partition coefficient (Wildman–Crippen LogP) is 2.23. The lowest BCUT2D eigenvalue weighted by atomic mass is 10.1. The molecule has 0 radical (unpaired) electrons. The van der Waals surface area contributed by atoms with Crippen LogP contribution in [0.4, 0.5) is 4.39 Å². The van der Waals surface area contributed by atoms with Crippen molar-refractivity contribution in [3.8, 4) is 6.01 Å². The molecule has 0 N–H and O–H groups in total. The van der Waals surface area contributed by atoms with E-state index in [-0.39, 0.29) is 5.41 Å². The van der Waals surface area contributed by atoms with Crippen molar-refractivity contribution in [1.82, 2.24) is 19.9 Å². The molecule has 2 aliphatic rings. The first-order chi connectivity index (χ1) is 10.7. The van der Waals surface area contributed by atoms with E-state index in [1.165, 1.54) is 0 Å². The number of hydrogen-bond donors (Lipinski definition) is 0. The Morgan fingerprint density at radius 1 is 1.36 bits per heavy atom. The fraction of sp³-hybridized carbons (Fsp3) is 0.562. The summed E-state index contributed by atoms with van der Waals surface area (Å²) in [6.07, 6.45) is 7.46. The molecule has 1 atom stereocenters. The van der Waals surface area contributed by atoms with Gasteiger partial charge in [0, 0.05) is 49.0 Å². The Bertz CT molecular complexity index is 676. The molecule has 4 rings (SSSR count). The number of halogens is 1. The second kappa shape index (κ2) is 5.43. The number of pyridine rings is 1. The zero-order valence-corrected chi connectivity index (χ0v) is 12.4. The van der Waals surface area contributed by atoms with Gasteiger partial charge in [-0.25, -0.2) is 9.37 Å². The summed E-state index contributed by atoms with van der Waals surface area (Å²) in [5, 5.41) is 0.905. The summed E-state index contributed by atoms with van der Waals surface area (Å²) >= 11 is 0. The topological polar surface area (TPSA) is 51.1 Å². The number of likely N-dealkylation sites (tertiary alicyclic amines) is 1. The highest BCUT2D eigenvalue weighted by molar-refractivity contribution is 5.76. The Kier molecular flexibility index (Phi) is 3.41. The van der Waals surface area contributed by atoms with Crippen molar-refractivity contribution >= 4 is 10.9 Å². The molecule has 2 fully saturated rings. The third kappa shape index (κ3) is 2.88. The highest BCUT2D eigenvalue weighted by Crippen LogP contribution is 2.46. The van der Waals surface area contributed by atoms with Gasteiger partial charge in [-0.15, -0.1) is 0 Å². The SMILES string of the molecule is F[C@@H]1CCN(CC2(COc3ncc4cnccc4n3)CC2)C1. The van der Waals surface area contributed by atoms with Gasteiger partial charge in [-0.3, -0.25) is 9.88 Å². The summed E-state index contributed by atoms with van der Waals surface area (Å²) in [6, 6.07) is 2.26. The van der Waals surface area contributed by atoms with Gasteiger partial charge in [0.25, 0.3) is 0 Å². The van der Waals surface area contributed by atoms with Crippen LogP contribution in [-0.2, 0) is 0 Å². The van der Waals surface area contributed by atoms with Gasteiger partial charge in [0.2, 0.25) is 0 Å². The number of ether oxygens (including phenoxy) is 1. The standard InChI is InChI=1S/C16H19FN4O/c17-13-2-6-21(9-13)10-16(3-4-16)11-22-15-19-8-12-7-18-5-1-14(12)20-15/h1,5,7-8,13H,2-4,6,9-11H2/t13-/m1/s1. The van der Waals surface area contributed by atoms with E-state index < -0.39 is 6.17 Å². The molecule has 3 heterocycles. The maximum absolute atomic E-state index is 13.3. The summed E-state index contributed by atoms with van der Waals surface area (Å²) in [6.45, 7) is 2.96. The first-order valence-corrected chi connectivity index (χ1v) is 7.79. The van der Waals surface area contributed by atoms with Crippen LogP contribution in [0.5, 0.6) is 6.01 Å². The van der Waals surface area contributed by atoms with Crippen LogP contribution in [0, 0.1) is 5.41 Å². The van der Waals surface area contributed by atoms with Crippen LogP contribution < -0.4 is 4.74 Å². The summed E-state index contributed by atoms with van der Waals surface area (Å²) in [5.74, 6) is 0. The Labute approximate surface area is 128 Å².